The number of hydrogen-bond acceptors (Lipinski definition) is 25. The van der Waals surface area contributed by atoms with E-state index in [9.17, 15) is 48.6 Å². The molecule has 5 aromatic carbocycles. The van der Waals surface area contributed by atoms with E-state index in [0.29, 0.717) is 51.4 Å². The zero-order valence-electron chi connectivity index (χ0n) is 61.1. The molecular formula is C77H89N5O24. The first-order valence-corrected chi connectivity index (χ1v) is 34.6. The molecule has 29 heteroatoms. The molecule has 4 unspecified atom stereocenters. The Hall–Kier alpha value is -10.5. The van der Waals surface area contributed by atoms with E-state index in [2.05, 4.69) is 13.2 Å². The minimum Gasteiger partial charge on any atom is -0.493 e. The fraction of sp³-hybridized carbons (Fsp3) is 0.455. The number of benzene rings is 5. The average Bonchev–Trinajstić information content (AvgIpc) is 1.60. The highest BCUT2D eigenvalue weighted by Gasteiger charge is 2.52. The summed E-state index contributed by atoms with van der Waals surface area (Å²) in [4.78, 5) is 115. The number of aliphatic hydroxyl groups excluding tert-OH is 2. The van der Waals surface area contributed by atoms with Crippen LogP contribution in [-0.2, 0) is 90.0 Å². The SMILES string of the molecule is C=C1C[C@H]2C(O)N(C(=O)OCc3ccc(OC4O[C@H](C(=O)OC)[C@@H](OC(C)=O)[C@H](C)[C@H]4C)cc3)c3cc(OCc4cc(COc5cc6c(cc5OC)C(=O)N5CC(=C)C[C@H]5C(O)N6C(=O)OCc5ccc(OC6O[C@H](C(=O)OC)[C@@H](OC(C)=O)[C@H](C)[C@H]6C)cc5)cc(CN(C)C)c4)c(OC)cc3C(=O)N2C1. The number of methoxy groups -OCH3 is 4. The van der Waals surface area contributed by atoms with Gasteiger partial charge in [-0.25, -0.2) is 29.0 Å². The van der Waals surface area contributed by atoms with E-state index in [0.717, 1.165) is 15.4 Å². The van der Waals surface area contributed by atoms with Crippen LogP contribution >= 0.6 is 0 Å². The molecular weight excluding hydrogens is 1380 g/mol. The maximum Gasteiger partial charge on any atom is 0.416 e. The molecule has 4 saturated heterocycles. The van der Waals surface area contributed by atoms with Crippen molar-refractivity contribution in [3.8, 4) is 34.5 Å². The van der Waals surface area contributed by atoms with E-state index < -0.39 is 109 Å². The number of ether oxygens (including phenoxy) is 14. The molecule has 0 aromatic heterocycles. The van der Waals surface area contributed by atoms with Gasteiger partial charge in [0.1, 0.15) is 50.1 Å². The molecule has 14 atom stereocenters. The summed E-state index contributed by atoms with van der Waals surface area (Å²) in [6.07, 6.45) is -11.0. The van der Waals surface area contributed by atoms with Crippen molar-refractivity contribution in [2.45, 2.75) is 149 Å². The molecule has 0 spiro atoms. The number of anilines is 2. The zero-order valence-corrected chi connectivity index (χ0v) is 61.1. The molecule has 29 nitrogen and oxygen atoms in total. The topological polar surface area (TPSA) is 322 Å². The van der Waals surface area contributed by atoms with Gasteiger partial charge in [-0.05, 0) is 97.2 Å². The van der Waals surface area contributed by atoms with Gasteiger partial charge in [-0.3, -0.25) is 19.2 Å². The highest BCUT2D eigenvalue weighted by Crippen LogP contribution is 2.46. The van der Waals surface area contributed by atoms with Crippen LogP contribution in [0.15, 0.2) is 115 Å². The number of fused-ring (bicyclic) bond motifs is 4. The molecule has 106 heavy (non-hydrogen) atoms. The van der Waals surface area contributed by atoms with Gasteiger partial charge in [0, 0.05) is 69.3 Å². The van der Waals surface area contributed by atoms with Crippen LogP contribution in [0.4, 0.5) is 21.0 Å². The Bertz CT molecular complexity index is 3930. The van der Waals surface area contributed by atoms with Crippen molar-refractivity contribution in [1.82, 2.24) is 14.7 Å². The number of rotatable bonds is 22. The van der Waals surface area contributed by atoms with E-state index in [1.54, 1.807) is 48.5 Å². The van der Waals surface area contributed by atoms with Crippen LogP contribution in [0.5, 0.6) is 34.5 Å². The van der Waals surface area contributed by atoms with E-state index in [1.165, 1.54) is 76.4 Å². The summed E-state index contributed by atoms with van der Waals surface area (Å²) in [7, 11) is 9.04. The van der Waals surface area contributed by atoms with Crippen molar-refractivity contribution < 1.29 is 115 Å². The molecule has 5 aromatic rings. The second kappa shape index (κ2) is 32.5. The average molecular weight is 1470 g/mol. The number of nitrogens with zero attached hydrogens (tertiary/aromatic N) is 5. The Morgan fingerprint density at radius 3 is 1.24 bits per heavy atom. The third-order valence-corrected chi connectivity index (χ3v) is 19.9. The summed E-state index contributed by atoms with van der Waals surface area (Å²) in [6.45, 7) is 18.0. The fourth-order valence-corrected chi connectivity index (χ4v) is 14.1. The standard InChI is InChI=1S/C77H89N5O24/c1-39-23-58-70(87)81(76(91)99-35-47-15-19-52(20-16-47)103-74-43(5)41(3)64(101-45(7)83)66(105-74)72(89)95-13)56-30-62(60(93-11)28-54(56)68(85)79(58)32-39)97-37-50-25-49(34-78(9)10)26-51(27-50)38-98-63-31-57-55(29-61(63)94-12)69(86)80-33-40(2)24-59(80)71(88)82(57)77(92)100-36-48-17-21-53(22-18-48)104-75-44(6)42(4)65(102-46(8)84)67(106-75)73(90)96-14/h15-22,25-31,41-44,58-59,64-67,70-71,74-75,87-88H,1-2,23-24,32-38H2,3-14H3/t41-,42-,43-,44-,58+,59+,64+,65+,66+,67+,70?,71?,74?,75?/m1/s1. The van der Waals surface area contributed by atoms with Crippen molar-refractivity contribution in [1.29, 1.82) is 0 Å². The van der Waals surface area contributed by atoms with Crippen molar-refractivity contribution in [2.24, 2.45) is 23.7 Å². The number of carbonyl (C=O) groups is 8. The van der Waals surface area contributed by atoms with Crippen LogP contribution in [0.1, 0.15) is 103 Å². The predicted octanol–water partition coefficient (Wildman–Crippen LogP) is 8.38. The van der Waals surface area contributed by atoms with Gasteiger partial charge >= 0.3 is 36.1 Å². The van der Waals surface area contributed by atoms with Crippen LogP contribution < -0.4 is 38.2 Å². The van der Waals surface area contributed by atoms with Gasteiger partial charge in [0.15, 0.2) is 47.7 Å². The van der Waals surface area contributed by atoms with Crippen molar-refractivity contribution >= 4 is 59.3 Å². The minimum absolute atomic E-state index is 0.0126. The smallest absolute Gasteiger partial charge is 0.416 e. The third kappa shape index (κ3) is 16.3. The van der Waals surface area contributed by atoms with Crippen molar-refractivity contribution in [3.63, 3.8) is 0 Å². The summed E-state index contributed by atoms with van der Waals surface area (Å²) < 4.78 is 82.0. The normalized spacial score (nSPS) is 25.3. The summed E-state index contributed by atoms with van der Waals surface area (Å²) in [6, 6.07) is 22.9. The predicted molar refractivity (Wildman–Crippen MR) is 376 cm³/mol. The zero-order chi connectivity index (χ0) is 76.3. The highest BCUT2D eigenvalue weighted by atomic mass is 16.7. The summed E-state index contributed by atoms with van der Waals surface area (Å²) in [5, 5.41) is 24.4. The van der Waals surface area contributed by atoms with E-state index >= 15 is 0 Å². The second-order valence-electron chi connectivity index (χ2n) is 27.6. The largest absolute Gasteiger partial charge is 0.493 e. The van der Waals surface area contributed by atoms with Crippen LogP contribution in [-0.4, -0.2) is 190 Å². The van der Waals surface area contributed by atoms with Crippen LogP contribution in [0.2, 0.25) is 0 Å². The molecule has 2 N–H and O–H groups in total. The highest BCUT2D eigenvalue weighted by molar-refractivity contribution is 6.07. The Balaban J connectivity index is 0.805. The number of hydrogen-bond donors (Lipinski definition) is 2. The number of esters is 4. The molecule has 566 valence electrons. The van der Waals surface area contributed by atoms with Gasteiger partial charge < -0.3 is 91.2 Å². The van der Waals surface area contributed by atoms with Gasteiger partial charge in [0.05, 0.1) is 63.0 Å². The summed E-state index contributed by atoms with van der Waals surface area (Å²) in [5.41, 5.74) is 4.57. The van der Waals surface area contributed by atoms with Gasteiger partial charge in [-0.2, -0.15) is 0 Å². The summed E-state index contributed by atoms with van der Waals surface area (Å²) >= 11 is 0. The van der Waals surface area contributed by atoms with E-state index in [4.69, 9.17) is 66.3 Å². The third-order valence-electron chi connectivity index (χ3n) is 19.9. The van der Waals surface area contributed by atoms with Crippen molar-refractivity contribution in [3.05, 3.63) is 154 Å². The first kappa shape index (κ1) is 76.7. The van der Waals surface area contributed by atoms with Crippen LogP contribution in [0, 0.1) is 23.7 Å². The van der Waals surface area contributed by atoms with E-state index in [-0.39, 0.29) is 122 Å². The van der Waals surface area contributed by atoms with Gasteiger partial charge in [-0.1, -0.05) is 88.4 Å². The maximum atomic E-state index is 14.6. The molecule has 0 saturated carbocycles. The monoisotopic (exact) mass is 1470 g/mol. The number of carbonyl (C=O) groups excluding carboxylic acids is 8. The number of aliphatic hydroxyl groups is 2. The Kier molecular flexibility index (Phi) is 23.5. The lowest BCUT2D eigenvalue weighted by Crippen LogP contribution is -2.55. The Labute approximate surface area is 613 Å². The molecule has 0 radical (unpaired) electrons. The lowest BCUT2D eigenvalue weighted by atomic mass is 9.84. The molecule has 0 aliphatic carbocycles. The molecule has 0 bridgehead atoms. The van der Waals surface area contributed by atoms with Crippen LogP contribution in [0.3, 0.4) is 0 Å². The Morgan fingerprint density at radius 1 is 0.509 bits per heavy atom. The Morgan fingerprint density at radius 2 is 0.887 bits per heavy atom. The minimum atomic E-state index is -1.61. The molecule has 6 heterocycles. The molecule has 4 fully saturated rings. The maximum absolute atomic E-state index is 14.6. The van der Waals surface area contributed by atoms with Gasteiger partial charge in [-0.15, -0.1) is 0 Å². The van der Waals surface area contributed by atoms with Crippen molar-refractivity contribution in [2.75, 3.05) is 65.4 Å². The second-order valence-corrected chi connectivity index (χ2v) is 27.6. The van der Waals surface area contributed by atoms with Crippen LogP contribution in [0.25, 0.3) is 0 Å². The molecule has 4 amide bonds. The van der Waals surface area contributed by atoms with E-state index in [1.807, 2.05) is 64.9 Å². The molecule has 11 rings (SSSR count). The lowest BCUT2D eigenvalue weighted by molar-refractivity contribution is -0.243. The lowest BCUT2D eigenvalue weighted by Gasteiger charge is -2.42. The molecule has 6 aliphatic heterocycles. The summed E-state index contributed by atoms with van der Waals surface area (Å²) in [5.74, 6) is -3.80. The van der Waals surface area contributed by atoms with Gasteiger partial charge in [0.25, 0.3) is 11.8 Å². The first-order chi connectivity index (χ1) is 50.6. The van der Waals surface area contributed by atoms with Gasteiger partial charge in [0.2, 0.25) is 12.6 Å². The quantitative estimate of drug-likeness (QED) is 0.0373. The first-order valence-electron chi connectivity index (χ1n) is 34.6. The fourth-order valence-electron chi connectivity index (χ4n) is 14.1. The number of amides is 4. The molecule has 6 aliphatic rings.